The third-order valence-electron chi connectivity index (χ3n) is 3.99. The molecule has 2 amide bonds. The molecule has 0 saturated heterocycles. The van der Waals surface area contributed by atoms with Crippen molar-refractivity contribution in [1.29, 1.82) is 0 Å². The maximum absolute atomic E-state index is 12.0. The second-order valence-electron chi connectivity index (χ2n) is 5.71. The fourth-order valence-electron chi connectivity index (χ4n) is 2.81. The van der Waals surface area contributed by atoms with Crippen molar-refractivity contribution in [2.24, 2.45) is 0 Å². The van der Waals surface area contributed by atoms with Crippen molar-refractivity contribution in [3.05, 3.63) is 42.5 Å². The minimum Gasteiger partial charge on any atom is -0.381 e. The SMILES string of the molecule is COC1CCC(NC(=O)Nc2cnn(Cc3ccccn3)c2)C1. The molecule has 0 aliphatic heterocycles. The van der Waals surface area contributed by atoms with E-state index in [0.717, 1.165) is 25.0 Å². The summed E-state index contributed by atoms with van der Waals surface area (Å²) in [5, 5.41) is 10.0. The number of nitrogens with zero attached hydrogens (tertiary/aromatic N) is 3. The van der Waals surface area contributed by atoms with Crippen LogP contribution in [0.25, 0.3) is 0 Å². The number of hydrogen-bond acceptors (Lipinski definition) is 4. The topological polar surface area (TPSA) is 81.1 Å². The van der Waals surface area contributed by atoms with E-state index >= 15 is 0 Å². The van der Waals surface area contributed by atoms with Crippen LogP contribution < -0.4 is 10.6 Å². The quantitative estimate of drug-likeness (QED) is 0.884. The van der Waals surface area contributed by atoms with Gasteiger partial charge in [-0.2, -0.15) is 5.10 Å². The van der Waals surface area contributed by atoms with Crippen molar-refractivity contribution in [3.8, 4) is 0 Å². The van der Waals surface area contributed by atoms with Crippen LogP contribution in [0.1, 0.15) is 25.0 Å². The highest BCUT2D eigenvalue weighted by Crippen LogP contribution is 2.21. The molecule has 122 valence electrons. The maximum atomic E-state index is 12.0. The van der Waals surface area contributed by atoms with Gasteiger partial charge in [-0.15, -0.1) is 0 Å². The number of ether oxygens (including phenoxy) is 1. The number of amides is 2. The molecule has 2 aromatic rings. The summed E-state index contributed by atoms with van der Waals surface area (Å²) < 4.78 is 7.05. The molecule has 1 saturated carbocycles. The van der Waals surface area contributed by atoms with Crippen molar-refractivity contribution in [2.45, 2.75) is 38.0 Å². The van der Waals surface area contributed by atoms with Gasteiger partial charge in [0.2, 0.25) is 0 Å². The summed E-state index contributed by atoms with van der Waals surface area (Å²) in [6.45, 7) is 0.572. The molecule has 2 aromatic heterocycles. The Morgan fingerprint density at radius 2 is 2.35 bits per heavy atom. The molecule has 3 rings (SSSR count). The Hall–Kier alpha value is -2.41. The van der Waals surface area contributed by atoms with E-state index < -0.39 is 0 Å². The number of carbonyl (C=O) groups excluding carboxylic acids is 1. The molecule has 0 spiro atoms. The summed E-state index contributed by atoms with van der Waals surface area (Å²) in [6.07, 6.45) is 8.23. The van der Waals surface area contributed by atoms with Crippen molar-refractivity contribution < 1.29 is 9.53 Å². The van der Waals surface area contributed by atoms with Crippen LogP contribution in [0.3, 0.4) is 0 Å². The first-order valence-electron chi connectivity index (χ1n) is 7.75. The van der Waals surface area contributed by atoms with Crippen LogP contribution in [-0.2, 0) is 11.3 Å². The predicted molar refractivity (Wildman–Crippen MR) is 86.2 cm³/mol. The fourth-order valence-corrected chi connectivity index (χ4v) is 2.81. The smallest absolute Gasteiger partial charge is 0.319 e. The highest BCUT2D eigenvalue weighted by molar-refractivity contribution is 5.89. The van der Waals surface area contributed by atoms with Crippen molar-refractivity contribution in [2.75, 3.05) is 12.4 Å². The minimum absolute atomic E-state index is 0.170. The summed E-state index contributed by atoms with van der Waals surface area (Å²) in [5.41, 5.74) is 1.59. The Morgan fingerprint density at radius 3 is 3.09 bits per heavy atom. The normalized spacial score (nSPS) is 20.4. The van der Waals surface area contributed by atoms with Gasteiger partial charge in [0.05, 0.1) is 30.2 Å². The number of pyridine rings is 1. The van der Waals surface area contributed by atoms with E-state index in [1.54, 1.807) is 30.4 Å². The van der Waals surface area contributed by atoms with Gasteiger partial charge in [0.25, 0.3) is 0 Å². The number of nitrogens with one attached hydrogen (secondary N) is 2. The predicted octanol–water partition coefficient (Wildman–Crippen LogP) is 2.02. The number of aromatic nitrogens is 3. The minimum atomic E-state index is -0.205. The van der Waals surface area contributed by atoms with Crippen LogP contribution >= 0.6 is 0 Å². The molecule has 2 heterocycles. The van der Waals surface area contributed by atoms with Gasteiger partial charge in [-0.1, -0.05) is 6.07 Å². The second-order valence-corrected chi connectivity index (χ2v) is 5.71. The zero-order valence-corrected chi connectivity index (χ0v) is 13.1. The van der Waals surface area contributed by atoms with Gasteiger partial charge < -0.3 is 15.4 Å². The van der Waals surface area contributed by atoms with E-state index in [9.17, 15) is 4.79 Å². The Morgan fingerprint density at radius 1 is 1.43 bits per heavy atom. The lowest BCUT2D eigenvalue weighted by Gasteiger charge is -2.13. The van der Waals surface area contributed by atoms with E-state index in [1.807, 2.05) is 18.2 Å². The summed E-state index contributed by atoms with van der Waals surface area (Å²) in [7, 11) is 1.71. The third kappa shape index (κ3) is 4.29. The van der Waals surface area contributed by atoms with E-state index in [2.05, 4.69) is 20.7 Å². The van der Waals surface area contributed by atoms with Crippen LogP contribution in [0.4, 0.5) is 10.5 Å². The molecule has 1 aliphatic rings. The number of anilines is 1. The molecule has 0 bridgehead atoms. The van der Waals surface area contributed by atoms with Crippen LogP contribution in [0.2, 0.25) is 0 Å². The van der Waals surface area contributed by atoms with Gasteiger partial charge in [-0.3, -0.25) is 9.67 Å². The number of urea groups is 1. The Balaban J connectivity index is 1.49. The summed E-state index contributed by atoms with van der Waals surface area (Å²) in [6, 6.07) is 5.72. The Kier molecular flexibility index (Phi) is 4.87. The highest BCUT2D eigenvalue weighted by Gasteiger charge is 2.25. The first kappa shape index (κ1) is 15.5. The van der Waals surface area contributed by atoms with Crippen molar-refractivity contribution >= 4 is 11.7 Å². The molecule has 7 heteroatoms. The van der Waals surface area contributed by atoms with Gasteiger partial charge in [0.15, 0.2) is 0 Å². The van der Waals surface area contributed by atoms with Gasteiger partial charge in [0.1, 0.15) is 0 Å². The number of rotatable bonds is 5. The number of hydrogen-bond donors (Lipinski definition) is 2. The van der Waals surface area contributed by atoms with E-state index in [-0.39, 0.29) is 18.2 Å². The first-order chi connectivity index (χ1) is 11.2. The molecule has 2 atom stereocenters. The molecule has 2 N–H and O–H groups in total. The molecule has 0 aromatic carbocycles. The second kappa shape index (κ2) is 7.23. The molecule has 0 radical (unpaired) electrons. The van der Waals surface area contributed by atoms with Gasteiger partial charge >= 0.3 is 6.03 Å². The van der Waals surface area contributed by atoms with Gasteiger partial charge in [-0.05, 0) is 31.4 Å². The van der Waals surface area contributed by atoms with Gasteiger partial charge in [0, 0.05) is 25.5 Å². The van der Waals surface area contributed by atoms with E-state index in [4.69, 9.17) is 4.74 Å². The average Bonchev–Trinajstić information content (AvgIpc) is 3.18. The molecule has 2 unspecified atom stereocenters. The van der Waals surface area contributed by atoms with Crippen molar-refractivity contribution in [3.63, 3.8) is 0 Å². The highest BCUT2D eigenvalue weighted by atomic mass is 16.5. The zero-order chi connectivity index (χ0) is 16.1. The van der Waals surface area contributed by atoms with Crippen LogP contribution in [0.15, 0.2) is 36.8 Å². The van der Waals surface area contributed by atoms with Crippen LogP contribution in [-0.4, -0.2) is 40.1 Å². The number of carbonyl (C=O) groups is 1. The molecular weight excluding hydrogens is 294 g/mol. The summed E-state index contributed by atoms with van der Waals surface area (Å²) >= 11 is 0. The van der Waals surface area contributed by atoms with Crippen LogP contribution in [0.5, 0.6) is 0 Å². The number of methoxy groups -OCH3 is 1. The van der Waals surface area contributed by atoms with E-state index in [1.165, 1.54) is 0 Å². The largest absolute Gasteiger partial charge is 0.381 e. The third-order valence-corrected chi connectivity index (χ3v) is 3.99. The lowest BCUT2D eigenvalue weighted by molar-refractivity contribution is 0.107. The Labute approximate surface area is 135 Å². The Bertz CT molecular complexity index is 643. The van der Waals surface area contributed by atoms with Crippen LogP contribution in [0, 0.1) is 0 Å². The maximum Gasteiger partial charge on any atom is 0.319 e. The standard InChI is InChI=1S/C16H21N5O2/c1-23-15-6-5-12(8-15)19-16(22)20-14-9-18-21(11-14)10-13-4-2-3-7-17-13/h2-4,7,9,11-12,15H,5-6,8,10H2,1H3,(H2,19,20,22). The van der Waals surface area contributed by atoms with E-state index in [0.29, 0.717) is 12.2 Å². The molecule has 1 aliphatic carbocycles. The zero-order valence-electron chi connectivity index (χ0n) is 13.1. The molecule has 1 fully saturated rings. The van der Waals surface area contributed by atoms with Gasteiger partial charge in [-0.25, -0.2) is 4.79 Å². The molecular formula is C16H21N5O2. The molecule has 23 heavy (non-hydrogen) atoms. The average molecular weight is 315 g/mol. The van der Waals surface area contributed by atoms with Crippen molar-refractivity contribution in [1.82, 2.24) is 20.1 Å². The monoisotopic (exact) mass is 315 g/mol. The summed E-state index contributed by atoms with van der Waals surface area (Å²) in [4.78, 5) is 16.3. The molecule has 7 nitrogen and oxygen atoms in total. The first-order valence-corrected chi connectivity index (χ1v) is 7.75. The lowest BCUT2D eigenvalue weighted by atomic mass is 10.2. The fraction of sp³-hybridized carbons (Fsp3) is 0.438. The summed E-state index contributed by atoms with van der Waals surface area (Å²) in [5.74, 6) is 0. The lowest BCUT2D eigenvalue weighted by Crippen LogP contribution is -2.36.